The van der Waals surface area contributed by atoms with Crippen molar-refractivity contribution in [3.8, 4) is 17.0 Å². The molecule has 0 bridgehead atoms. The van der Waals surface area contributed by atoms with Crippen LogP contribution in [0.25, 0.3) is 11.3 Å². The van der Waals surface area contributed by atoms with Crippen molar-refractivity contribution in [2.24, 2.45) is 0 Å². The van der Waals surface area contributed by atoms with E-state index >= 15 is 0 Å². The first kappa shape index (κ1) is 11.1. The lowest BCUT2D eigenvalue weighted by atomic mass is 10.1. The smallest absolute Gasteiger partial charge is 0.128 e. The molecular weight excluding hydrogens is 266 g/mol. The third kappa shape index (κ3) is 2.09. The number of benzene rings is 1. The minimum atomic E-state index is 0.847. The summed E-state index contributed by atoms with van der Waals surface area (Å²) in [4.78, 5) is 4.36. The molecule has 0 amide bonds. The fraction of sp³-hybridized carbons (Fsp3) is 0.154. The predicted molar refractivity (Wildman–Crippen MR) is 68.7 cm³/mol. The summed E-state index contributed by atoms with van der Waals surface area (Å²) in [5, 5.41) is 0. The van der Waals surface area contributed by atoms with Gasteiger partial charge in [-0.2, -0.15) is 0 Å². The number of hydrogen-bond donors (Lipinski definition) is 0. The minimum absolute atomic E-state index is 0.847. The normalized spacial score (nSPS) is 10.2. The zero-order chi connectivity index (χ0) is 11.5. The zero-order valence-electron chi connectivity index (χ0n) is 9.20. The highest BCUT2D eigenvalue weighted by Gasteiger charge is 2.09. The van der Waals surface area contributed by atoms with E-state index in [9.17, 15) is 0 Å². The van der Waals surface area contributed by atoms with E-state index in [-0.39, 0.29) is 0 Å². The number of aryl methyl sites for hydroxylation is 1. The summed E-state index contributed by atoms with van der Waals surface area (Å²) in [6, 6.07) is 9.96. The molecule has 2 rings (SSSR count). The van der Waals surface area contributed by atoms with Crippen molar-refractivity contribution < 1.29 is 4.74 Å². The second-order valence-corrected chi connectivity index (χ2v) is 4.39. The summed E-state index contributed by atoms with van der Waals surface area (Å²) in [6.07, 6.45) is 1.78. The predicted octanol–water partition coefficient (Wildman–Crippen LogP) is 3.83. The van der Waals surface area contributed by atoms with Gasteiger partial charge in [0.25, 0.3) is 0 Å². The number of ether oxygens (including phenoxy) is 1. The van der Waals surface area contributed by atoms with Crippen LogP contribution in [0.5, 0.6) is 5.75 Å². The van der Waals surface area contributed by atoms with E-state index in [0.717, 1.165) is 21.5 Å². The maximum absolute atomic E-state index is 5.37. The van der Waals surface area contributed by atoms with E-state index in [2.05, 4.69) is 27.0 Å². The van der Waals surface area contributed by atoms with Crippen LogP contribution in [0.3, 0.4) is 0 Å². The van der Waals surface area contributed by atoms with Gasteiger partial charge in [-0.25, -0.2) is 0 Å². The molecule has 1 aromatic carbocycles. The lowest BCUT2D eigenvalue weighted by Crippen LogP contribution is -1.91. The number of aromatic nitrogens is 1. The van der Waals surface area contributed by atoms with E-state index in [0.29, 0.717) is 0 Å². The van der Waals surface area contributed by atoms with Crippen molar-refractivity contribution in [2.75, 3.05) is 7.11 Å². The molecule has 0 aliphatic heterocycles. The average Bonchev–Trinajstić information content (AvgIpc) is 2.30. The number of methoxy groups -OCH3 is 1. The summed E-state index contributed by atoms with van der Waals surface area (Å²) < 4.78 is 6.34. The van der Waals surface area contributed by atoms with Crippen molar-refractivity contribution in [2.45, 2.75) is 6.92 Å². The van der Waals surface area contributed by atoms with E-state index in [1.165, 1.54) is 5.56 Å². The quantitative estimate of drug-likeness (QED) is 0.833. The van der Waals surface area contributed by atoms with E-state index in [4.69, 9.17) is 4.74 Å². The number of hydrogen-bond acceptors (Lipinski definition) is 2. The van der Waals surface area contributed by atoms with Crippen LogP contribution in [0, 0.1) is 6.92 Å². The lowest BCUT2D eigenvalue weighted by molar-refractivity contribution is 0.416. The molecule has 0 radical (unpaired) electrons. The third-order valence-corrected chi connectivity index (χ3v) is 3.01. The summed E-state index contributed by atoms with van der Waals surface area (Å²) >= 11 is 3.50. The first-order chi connectivity index (χ1) is 7.72. The van der Waals surface area contributed by atoms with Gasteiger partial charge in [0.05, 0.1) is 12.8 Å². The van der Waals surface area contributed by atoms with Gasteiger partial charge in [-0.3, -0.25) is 4.98 Å². The summed E-state index contributed by atoms with van der Waals surface area (Å²) in [6.45, 7) is 2.04. The van der Waals surface area contributed by atoms with Gasteiger partial charge in [0.2, 0.25) is 0 Å². The Morgan fingerprint density at radius 3 is 2.75 bits per heavy atom. The highest BCUT2D eigenvalue weighted by molar-refractivity contribution is 9.10. The number of nitrogens with zero attached hydrogens (tertiary/aromatic N) is 1. The zero-order valence-corrected chi connectivity index (χ0v) is 10.8. The van der Waals surface area contributed by atoms with Gasteiger partial charge >= 0.3 is 0 Å². The average molecular weight is 278 g/mol. The molecule has 0 N–H and O–H groups in total. The minimum Gasteiger partial charge on any atom is -0.496 e. The molecule has 1 aromatic heterocycles. The van der Waals surface area contributed by atoms with Crippen molar-refractivity contribution in [3.05, 3.63) is 46.6 Å². The van der Waals surface area contributed by atoms with Crippen LogP contribution in [0.2, 0.25) is 0 Å². The molecule has 0 aliphatic carbocycles. The Labute approximate surface area is 103 Å². The van der Waals surface area contributed by atoms with Gasteiger partial charge in [0.1, 0.15) is 5.75 Å². The second kappa shape index (κ2) is 4.66. The molecule has 16 heavy (non-hydrogen) atoms. The first-order valence-corrected chi connectivity index (χ1v) is 5.77. The van der Waals surface area contributed by atoms with Gasteiger partial charge < -0.3 is 4.74 Å². The molecule has 0 fully saturated rings. The largest absolute Gasteiger partial charge is 0.496 e. The highest BCUT2D eigenvalue weighted by atomic mass is 79.9. The van der Waals surface area contributed by atoms with Crippen LogP contribution in [0.1, 0.15) is 5.56 Å². The highest BCUT2D eigenvalue weighted by Crippen LogP contribution is 2.33. The third-order valence-electron chi connectivity index (χ3n) is 2.37. The van der Waals surface area contributed by atoms with Crippen LogP contribution in [-0.2, 0) is 0 Å². The second-order valence-electron chi connectivity index (χ2n) is 3.54. The molecule has 0 aliphatic rings. The van der Waals surface area contributed by atoms with Crippen LogP contribution >= 0.6 is 15.9 Å². The van der Waals surface area contributed by atoms with Gasteiger partial charge in [-0.15, -0.1) is 0 Å². The van der Waals surface area contributed by atoms with Crippen molar-refractivity contribution in [1.29, 1.82) is 0 Å². The van der Waals surface area contributed by atoms with E-state index < -0.39 is 0 Å². The fourth-order valence-corrected chi connectivity index (χ4v) is 2.05. The number of pyridine rings is 1. The molecule has 0 unspecified atom stereocenters. The first-order valence-electron chi connectivity index (χ1n) is 4.98. The molecule has 1 heterocycles. The van der Waals surface area contributed by atoms with Crippen LogP contribution in [-0.4, -0.2) is 12.1 Å². The molecular formula is C13H12BrNO. The molecule has 2 nitrogen and oxygen atoms in total. The van der Waals surface area contributed by atoms with Crippen molar-refractivity contribution >= 4 is 15.9 Å². The van der Waals surface area contributed by atoms with Crippen molar-refractivity contribution in [1.82, 2.24) is 4.98 Å². The molecule has 2 aromatic rings. The van der Waals surface area contributed by atoms with E-state index in [1.54, 1.807) is 13.3 Å². The lowest BCUT2D eigenvalue weighted by Gasteiger charge is -2.09. The summed E-state index contributed by atoms with van der Waals surface area (Å²) in [7, 11) is 1.68. The summed E-state index contributed by atoms with van der Waals surface area (Å²) in [5.74, 6) is 0.847. The Morgan fingerprint density at radius 2 is 2.06 bits per heavy atom. The molecule has 0 saturated carbocycles. The summed E-state index contributed by atoms with van der Waals surface area (Å²) in [5.41, 5.74) is 3.08. The Morgan fingerprint density at radius 1 is 1.25 bits per heavy atom. The maximum atomic E-state index is 5.37. The standard InChI is InChI=1S/C13H12BrNO/c1-9-5-6-10(12(8-9)16-2)13-11(14)4-3-7-15-13/h3-8H,1-2H3. The van der Waals surface area contributed by atoms with Gasteiger partial charge in [0.15, 0.2) is 0 Å². The van der Waals surface area contributed by atoms with Crippen LogP contribution < -0.4 is 4.74 Å². The van der Waals surface area contributed by atoms with Gasteiger partial charge in [0, 0.05) is 16.2 Å². The van der Waals surface area contributed by atoms with Gasteiger partial charge in [-0.1, -0.05) is 6.07 Å². The van der Waals surface area contributed by atoms with E-state index in [1.807, 2.05) is 31.2 Å². The van der Waals surface area contributed by atoms with Crippen LogP contribution in [0.15, 0.2) is 41.0 Å². The number of rotatable bonds is 2. The fourth-order valence-electron chi connectivity index (χ4n) is 1.58. The number of halogens is 1. The molecule has 0 saturated heterocycles. The molecule has 0 atom stereocenters. The Bertz CT molecular complexity index is 511. The monoisotopic (exact) mass is 277 g/mol. The Kier molecular flexibility index (Phi) is 3.25. The molecule has 0 spiro atoms. The SMILES string of the molecule is COc1cc(C)ccc1-c1ncccc1Br. The van der Waals surface area contributed by atoms with Crippen LogP contribution in [0.4, 0.5) is 0 Å². The van der Waals surface area contributed by atoms with Gasteiger partial charge in [-0.05, 0) is 52.7 Å². The Balaban J connectivity index is 2.60. The maximum Gasteiger partial charge on any atom is 0.128 e. The Hall–Kier alpha value is -1.35. The molecule has 82 valence electrons. The van der Waals surface area contributed by atoms with Crippen molar-refractivity contribution in [3.63, 3.8) is 0 Å². The molecule has 3 heteroatoms. The topological polar surface area (TPSA) is 22.1 Å².